The summed E-state index contributed by atoms with van der Waals surface area (Å²) in [7, 11) is -4.21. The molecule has 0 aliphatic heterocycles. The number of rotatable bonds is 12. The third-order valence-corrected chi connectivity index (χ3v) is 9.69. The first-order valence-corrected chi connectivity index (χ1v) is 16.8. The number of hydrogen-bond acceptors (Lipinski definition) is 4. The molecule has 4 aromatic rings. The van der Waals surface area contributed by atoms with E-state index in [2.05, 4.69) is 21.2 Å². The summed E-state index contributed by atoms with van der Waals surface area (Å²) in [5.74, 6) is -0.862. The van der Waals surface area contributed by atoms with Gasteiger partial charge in [0.1, 0.15) is 12.6 Å². The van der Waals surface area contributed by atoms with Crippen LogP contribution < -0.4 is 9.62 Å². The first-order chi connectivity index (χ1) is 21.0. The van der Waals surface area contributed by atoms with Crippen molar-refractivity contribution in [3.63, 3.8) is 0 Å². The zero-order chi connectivity index (χ0) is 31.9. The van der Waals surface area contributed by atoms with Gasteiger partial charge in [0.15, 0.2) is 0 Å². The zero-order valence-corrected chi connectivity index (χ0v) is 28.0. The lowest BCUT2D eigenvalue weighted by molar-refractivity contribution is -0.140. The van der Waals surface area contributed by atoms with E-state index in [-0.39, 0.29) is 29.5 Å². The minimum Gasteiger partial charge on any atom is -0.355 e. The second-order valence-corrected chi connectivity index (χ2v) is 13.7. The van der Waals surface area contributed by atoms with E-state index in [0.29, 0.717) is 17.1 Å². The fourth-order valence-corrected chi connectivity index (χ4v) is 6.96. The Hall–Kier alpha value is -3.66. The number of benzene rings is 4. The Morgan fingerprint density at radius 2 is 1.57 bits per heavy atom. The number of halogens is 2. The minimum atomic E-state index is -4.21. The molecule has 2 amide bonds. The number of aryl methyl sites for hydroxylation is 2. The third-order valence-electron chi connectivity index (χ3n) is 7.19. The van der Waals surface area contributed by atoms with Gasteiger partial charge in [-0.05, 0) is 73.9 Å². The number of likely N-dealkylation sites (N-methyl/N-ethyl adjacent to an activating group) is 1. The molecular formula is C34H35BrClN3O4S. The SMILES string of the molecule is CCNC(=O)[C@@H](Cc1ccccc1)N(Cc1cccc(Br)c1)C(=O)CN(c1cc(Cl)ccc1C)S(=O)(=O)c1ccc(C)cc1. The summed E-state index contributed by atoms with van der Waals surface area (Å²) in [6.07, 6.45) is 0.243. The van der Waals surface area contributed by atoms with E-state index in [0.717, 1.165) is 25.5 Å². The number of nitrogens with zero attached hydrogens (tertiary/aromatic N) is 2. The number of hydrogen-bond donors (Lipinski definition) is 1. The van der Waals surface area contributed by atoms with Crippen molar-refractivity contribution >= 4 is 55.1 Å². The van der Waals surface area contributed by atoms with Crippen LogP contribution in [0.4, 0.5) is 5.69 Å². The van der Waals surface area contributed by atoms with Gasteiger partial charge in [0.25, 0.3) is 10.0 Å². The Kier molecular flexibility index (Phi) is 11.2. The van der Waals surface area contributed by atoms with Crippen molar-refractivity contribution in [1.82, 2.24) is 10.2 Å². The first kappa shape index (κ1) is 33.2. The fraction of sp³-hybridized carbons (Fsp3) is 0.235. The van der Waals surface area contributed by atoms with Crippen LogP contribution >= 0.6 is 27.5 Å². The molecule has 0 saturated heterocycles. The van der Waals surface area contributed by atoms with Crippen LogP contribution in [0.5, 0.6) is 0 Å². The second-order valence-electron chi connectivity index (χ2n) is 10.5. The molecule has 4 aromatic carbocycles. The summed E-state index contributed by atoms with van der Waals surface area (Å²) in [5, 5.41) is 3.20. The summed E-state index contributed by atoms with van der Waals surface area (Å²) in [6.45, 7) is 5.36. The van der Waals surface area contributed by atoms with E-state index < -0.39 is 28.5 Å². The molecule has 0 aliphatic rings. The van der Waals surface area contributed by atoms with Gasteiger partial charge in [0, 0.05) is 29.0 Å². The highest BCUT2D eigenvalue weighted by molar-refractivity contribution is 9.10. The molecule has 44 heavy (non-hydrogen) atoms. The number of sulfonamides is 1. The first-order valence-electron chi connectivity index (χ1n) is 14.2. The van der Waals surface area contributed by atoms with Crippen LogP contribution in [-0.2, 0) is 32.6 Å². The van der Waals surface area contributed by atoms with Crippen molar-refractivity contribution in [1.29, 1.82) is 0 Å². The predicted octanol–water partition coefficient (Wildman–Crippen LogP) is 6.69. The van der Waals surface area contributed by atoms with Gasteiger partial charge in [-0.25, -0.2) is 8.42 Å². The predicted molar refractivity (Wildman–Crippen MR) is 179 cm³/mol. The van der Waals surface area contributed by atoms with Crippen LogP contribution in [0.1, 0.15) is 29.2 Å². The van der Waals surface area contributed by atoms with Crippen molar-refractivity contribution < 1.29 is 18.0 Å². The molecule has 230 valence electrons. The van der Waals surface area contributed by atoms with Crippen LogP contribution in [0.15, 0.2) is 106 Å². The number of anilines is 1. The Morgan fingerprint density at radius 1 is 0.886 bits per heavy atom. The van der Waals surface area contributed by atoms with Crippen molar-refractivity contribution in [3.05, 3.63) is 129 Å². The maximum atomic E-state index is 14.5. The van der Waals surface area contributed by atoms with Crippen molar-refractivity contribution in [2.45, 2.75) is 44.7 Å². The van der Waals surface area contributed by atoms with E-state index in [4.69, 9.17) is 11.6 Å². The Bertz CT molecular complexity index is 1720. The van der Waals surface area contributed by atoms with Crippen LogP contribution in [0.25, 0.3) is 0 Å². The van der Waals surface area contributed by atoms with Gasteiger partial charge in [-0.1, -0.05) is 93.8 Å². The minimum absolute atomic E-state index is 0.0402. The lowest BCUT2D eigenvalue weighted by Gasteiger charge is -2.34. The lowest BCUT2D eigenvalue weighted by Crippen LogP contribution is -2.53. The molecule has 0 spiro atoms. The number of carbonyl (C=O) groups excluding carboxylic acids is 2. The van der Waals surface area contributed by atoms with Gasteiger partial charge in [0.2, 0.25) is 11.8 Å². The fourth-order valence-electron chi connectivity index (χ4n) is 4.88. The molecule has 0 bridgehead atoms. The highest BCUT2D eigenvalue weighted by atomic mass is 79.9. The molecule has 0 radical (unpaired) electrons. The summed E-state index contributed by atoms with van der Waals surface area (Å²) >= 11 is 9.84. The van der Waals surface area contributed by atoms with E-state index in [1.54, 1.807) is 37.3 Å². The molecular weight excluding hydrogens is 662 g/mol. The summed E-state index contributed by atoms with van der Waals surface area (Å²) in [5.41, 5.74) is 3.46. The number of carbonyl (C=O) groups is 2. The standard InChI is InChI=1S/C34H35BrClN3O4S/c1-4-37-34(41)32(20-26-9-6-5-7-10-26)38(22-27-11-8-12-28(35)19-27)33(40)23-39(31-21-29(36)16-15-25(31)3)44(42,43)30-17-13-24(2)14-18-30/h5-19,21,32H,4,20,22-23H2,1-3H3,(H,37,41)/t32-/m1/s1. The molecule has 0 aromatic heterocycles. The van der Waals surface area contributed by atoms with Crippen LogP contribution in [0, 0.1) is 13.8 Å². The quantitative estimate of drug-likeness (QED) is 0.179. The van der Waals surface area contributed by atoms with E-state index in [1.165, 1.54) is 17.0 Å². The largest absolute Gasteiger partial charge is 0.355 e. The Labute approximate surface area is 273 Å². The molecule has 1 N–H and O–H groups in total. The van der Waals surface area contributed by atoms with Crippen molar-refractivity contribution in [2.24, 2.45) is 0 Å². The van der Waals surface area contributed by atoms with Crippen molar-refractivity contribution in [2.75, 3.05) is 17.4 Å². The van der Waals surface area contributed by atoms with Crippen molar-refractivity contribution in [3.8, 4) is 0 Å². The van der Waals surface area contributed by atoms with Crippen LogP contribution in [0.3, 0.4) is 0 Å². The Balaban J connectivity index is 1.83. The zero-order valence-electron chi connectivity index (χ0n) is 24.8. The van der Waals surface area contributed by atoms with E-state index in [1.807, 2.05) is 68.4 Å². The summed E-state index contributed by atoms with van der Waals surface area (Å²) in [6, 6.07) is 27.4. The van der Waals surface area contributed by atoms with Gasteiger partial charge in [0.05, 0.1) is 10.6 Å². The van der Waals surface area contributed by atoms with Gasteiger partial charge in [-0.2, -0.15) is 0 Å². The average molecular weight is 697 g/mol. The van der Waals surface area contributed by atoms with Crippen LogP contribution in [-0.4, -0.2) is 44.3 Å². The number of nitrogens with one attached hydrogen (secondary N) is 1. The molecule has 0 unspecified atom stereocenters. The highest BCUT2D eigenvalue weighted by Crippen LogP contribution is 2.30. The van der Waals surface area contributed by atoms with Gasteiger partial charge < -0.3 is 10.2 Å². The molecule has 7 nitrogen and oxygen atoms in total. The second kappa shape index (κ2) is 14.9. The molecule has 0 aliphatic carbocycles. The smallest absolute Gasteiger partial charge is 0.264 e. The average Bonchev–Trinajstić information content (AvgIpc) is 2.99. The molecule has 10 heteroatoms. The van der Waals surface area contributed by atoms with Gasteiger partial charge in [-0.3, -0.25) is 13.9 Å². The topological polar surface area (TPSA) is 86.8 Å². The van der Waals surface area contributed by atoms with Gasteiger partial charge >= 0.3 is 0 Å². The lowest BCUT2D eigenvalue weighted by atomic mass is 10.0. The highest BCUT2D eigenvalue weighted by Gasteiger charge is 2.35. The third kappa shape index (κ3) is 8.28. The number of amides is 2. The molecule has 0 fully saturated rings. The molecule has 4 rings (SSSR count). The maximum absolute atomic E-state index is 14.5. The molecule has 0 saturated carbocycles. The Morgan fingerprint density at radius 3 is 2.23 bits per heavy atom. The van der Waals surface area contributed by atoms with Gasteiger partial charge in [-0.15, -0.1) is 0 Å². The van der Waals surface area contributed by atoms with E-state index >= 15 is 0 Å². The monoisotopic (exact) mass is 695 g/mol. The normalized spacial score (nSPS) is 11.9. The van der Waals surface area contributed by atoms with Crippen LogP contribution in [0.2, 0.25) is 5.02 Å². The molecule has 0 heterocycles. The van der Waals surface area contributed by atoms with E-state index in [9.17, 15) is 18.0 Å². The maximum Gasteiger partial charge on any atom is 0.264 e. The summed E-state index contributed by atoms with van der Waals surface area (Å²) in [4.78, 5) is 29.6. The summed E-state index contributed by atoms with van der Waals surface area (Å²) < 4.78 is 30.3. The molecule has 1 atom stereocenters.